The van der Waals surface area contributed by atoms with Crippen LogP contribution in [0.5, 0.6) is 5.75 Å². The van der Waals surface area contributed by atoms with Gasteiger partial charge in [0.2, 0.25) is 6.41 Å². The summed E-state index contributed by atoms with van der Waals surface area (Å²) in [6, 6.07) is 14.6. The topological polar surface area (TPSA) is 75.6 Å². The monoisotopic (exact) mass is 554 g/mol. The van der Waals surface area contributed by atoms with E-state index in [0.717, 1.165) is 71.7 Å². The number of anilines is 2. The largest absolute Gasteiger partial charge is 0.493 e. The first-order valence-corrected chi connectivity index (χ1v) is 14.3. The lowest BCUT2D eigenvalue weighted by atomic mass is 9.89. The molecule has 0 radical (unpaired) electrons. The third kappa shape index (κ3) is 7.09. The lowest BCUT2D eigenvalue weighted by Crippen LogP contribution is -2.15. The number of aromatic nitrogens is 1. The second kappa shape index (κ2) is 13.9. The van der Waals surface area contributed by atoms with Crippen LogP contribution in [0.2, 0.25) is 0 Å². The first kappa shape index (κ1) is 29.7. The maximum atomic E-state index is 14.9. The van der Waals surface area contributed by atoms with Crippen molar-refractivity contribution in [1.29, 1.82) is 0 Å². The highest BCUT2D eigenvalue weighted by molar-refractivity contribution is 5.96. The fourth-order valence-corrected chi connectivity index (χ4v) is 5.24. The zero-order valence-electron chi connectivity index (χ0n) is 24.4. The Labute approximate surface area is 242 Å². The molecule has 0 fully saturated rings. The first-order chi connectivity index (χ1) is 19.9. The number of carbonyl (C=O) groups excluding carboxylic acids is 1. The SMILES string of the molecule is C=C1CCCCC(c2ccc(-c3c(F)cccc3OCC)cn2)C(CC)=NC(=C(C)C)c2ccc(NC=O)cc2N1. The standard InChI is InChI=1S/C34H39FN4O2/c1-6-29-26(30-18-15-24(20-36-30)33-28(35)13-10-14-32(33)41-7-2)12-9-8-11-23(5)38-31-19-25(37-21-40)16-17-27(31)34(39-29)22(3)4/h10,13-21,26,38H,5-9,11-12H2,1-4H3,(H,37,40). The number of nitrogens with zero attached hydrogens (tertiary/aromatic N) is 2. The van der Waals surface area contributed by atoms with Gasteiger partial charge in [-0.1, -0.05) is 37.6 Å². The third-order valence-electron chi connectivity index (χ3n) is 7.23. The van der Waals surface area contributed by atoms with Crippen molar-refractivity contribution in [3.63, 3.8) is 0 Å². The predicted molar refractivity (Wildman–Crippen MR) is 167 cm³/mol. The van der Waals surface area contributed by atoms with E-state index < -0.39 is 0 Å². The van der Waals surface area contributed by atoms with Crippen molar-refractivity contribution in [2.45, 2.75) is 65.7 Å². The van der Waals surface area contributed by atoms with E-state index in [2.05, 4.69) is 38.0 Å². The molecule has 2 N–H and O–H groups in total. The molecule has 2 aromatic carbocycles. The van der Waals surface area contributed by atoms with E-state index in [1.807, 2.05) is 37.3 Å². The number of aliphatic imine (C=N–C) groups is 1. The molecule has 4 rings (SSSR count). The summed E-state index contributed by atoms with van der Waals surface area (Å²) in [6.45, 7) is 12.8. The van der Waals surface area contributed by atoms with Crippen LogP contribution in [-0.2, 0) is 4.79 Å². The molecule has 0 aliphatic carbocycles. The van der Waals surface area contributed by atoms with Crippen LogP contribution >= 0.6 is 0 Å². The average Bonchev–Trinajstić information content (AvgIpc) is 2.95. The van der Waals surface area contributed by atoms with Gasteiger partial charge in [-0.25, -0.2) is 4.39 Å². The van der Waals surface area contributed by atoms with E-state index in [1.165, 1.54) is 6.07 Å². The normalized spacial score (nSPS) is 15.9. The van der Waals surface area contributed by atoms with Crippen LogP contribution in [0, 0.1) is 5.82 Å². The number of benzene rings is 2. The van der Waals surface area contributed by atoms with Crippen LogP contribution in [0.4, 0.5) is 15.8 Å². The number of carbonyl (C=O) groups is 1. The number of nitrogens with one attached hydrogen (secondary N) is 2. The quantitative estimate of drug-likeness (QED) is 0.286. The van der Waals surface area contributed by atoms with Crippen molar-refractivity contribution in [2.75, 3.05) is 17.2 Å². The van der Waals surface area contributed by atoms with Crippen molar-refractivity contribution in [1.82, 2.24) is 4.98 Å². The summed E-state index contributed by atoms with van der Waals surface area (Å²) in [6.07, 6.45) is 6.81. The molecule has 3 aromatic rings. The number of allylic oxidation sites excluding steroid dienone is 2. The summed E-state index contributed by atoms with van der Waals surface area (Å²) in [5, 5.41) is 6.21. The summed E-state index contributed by atoms with van der Waals surface area (Å²) in [4.78, 5) is 21.2. The van der Waals surface area contributed by atoms with Gasteiger partial charge in [0, 0.05) is 51.7 Å². The van der Waals surface area contributed by atoms with Gasteiger partial charge in [0.05, 0.1) is 17.9 Å². The van der Waals surface area contributed by atoms with Crippen LogP contribution in [0.25, 0.3) is 16.8 Å². The first-order valence-electron chi connectivity index (χ1n) is 14.3. The predicted octanol–water partition coefficient (Wildman–Crippen LogP) is 8.74. The van der Waals surface area contributed by atoms with Gasteiger partial charge in [-0.05, 0) is 82.9 Å². The number of amides is 1. The van der Waals surface area contributed by atoms with Gasteiger partial charge >= 0.3 is 0 Å². The van der Waals surface area contributed by atoms with E-state index in [4.69, 9.17) is 14.7 Å². The maximum absolute atomic E-state index is 14.9. The van der Waals surface area contributed by atoms with E-state index >= 15 is 0 Å². The Morgan fingerprint density at radius 2 is 2.00 bits per heavy atom. The zero-order valence-corrected chi connectivity index (χ0v) is 24.4. The van der Waals surface area contributed by atoms with Crippen molar-refractivity contribution >= 4 is 29.2 Å². The summed E-state index contributed by atoms with van der Waals surface area (Å²) in [7, 11) is 0. The molecule has 1 atom stereocenters. The van der Waals surface area contributed by atoms with E-state index in [1.54, 1.807) is 18.3 Å². The minimum Gasteiger partial charge on any atom is -0.493 e. The Morgan fingerprint density at radius 3 is 2.68 bits per heavy atom. The highest BCUT2D eigenvalue weighted by atomic mass is 19.1. The molecule has 41 heavy (non-hydrogen) atoms. The number of halogens is 1. The fraction of sp³-hybridized carbons (Fsp3) is 0.324. The second-order valence-corrected chi connectivity index (χ2v) is 10.4. The molecule has 2 heterocycles. The van der Waals surface area contributed by atoms with Gasteiger partial charge in [-0.2, -0.15) is 0 Å². The molecule has 0 spiro atoms. The zero-order chi connectivity index (χ0) is 29.4. The Morgan fingerprint density at radius 1 is 1.17 bits per heavy atom. The van der Waals surface area contributed by atoms with Crippen molar-refractivity contribution in [3.05, 3.63) is 89.7 Å². The molecule has 1 aliphatic rings. The molecular formula is C34H39FN4O2. The van der Waals surface area contributed by atoms with Crippen molar-refractivity contribution in [3.8, 4) is 16.9 Å². The van der Waals surface area contributed by atoms with Crippen LogP contribution < -0.4 is 15.4 Å². The Kier molecular flexibility index (Phi) is 10.1. The third-order valence-corrected chi connectivity index (χ3v) is 7.23. The Bertz CT molecular complexity index is 1460. The number of fused-ring (bicyclic) bond motifs is 1. The highest BCUT2D eigenvalue weighted by Gasteiger charge is 2.22. The minimum absolute atomic E-state index is 0.00971. The molecule has 6 nitrogen and oxygen atoms in total. The Hall–Kier alpha value is -4.26. The lowest BCUT2D eigenvalue weighted by molar-refractivity contribution is -0.105. The van der Waals surface area contributed by atoms with Crippen LogP contribution in [0.3, 0.4) is 0 Å². The van der Waals surface area contributed by atoms with Crippen molar-refractivity contribution in [2.24, 2.45) is 4.99 Å². The lowest BCUT2D eigenvalue weighted by Gasteiger charge is -2.23. The van der Waals surface area contributed by atoms with Gasteiger partial charge in [0.25, 0.3) is 0 Å². The van der Waals surface area contributed by atoms with Crippen LogP contribution in [-0.4, -0.2) is 23.7 Å². The number of pyridine rings is 1. The highest BCUT2D eigenvalue weighted by Crippen LogP contribution is 2.36. The molecular weight excluding hydrogens is 515 g/mol. The van der Waals surface area contributed by atoms with Gasteiger partial charge in [-0.15, -0.1) is 0 Å². The summed E-state index contributed by atoms with van der Waals surface area (Å²) in [5.74, 6) is 0.186. The van der Waals surface area contributed by atoms with Gasteiger partial charge in [0.1, 0.15) is 11.6 Å². The summed E-state index contributed by atoms with van der Waals surface area (Å²) in [5.41, 5.74) is 8.42. The second-order valence-electron chi connectivity index (χ2n) is 10.4. The number of rotatable bonds is 7. The molecule has 1 unspecified atom stereocenters. The molecule has 1 amide bonds. The van der Waals surface area contributed by atoms with Crippen LogP contribution in [0.1, 0.15) is 77.0 Å². The minimum atomic E-state index is -0.334. The number of ether oxygens (including phenoxy) is 1. The molecule has 0 saturated heterocycles. The average molecular weight is 555 g/mol. The smallest absolute Gasteiger partial charge is 0.211 e. The number of hydrogen-bond donors (Lipinski definition) is 2. The fourth-order valence-electron chi connectivity index (χ4n) is 5.24. The molecule has 1 aromatic heterocycles. The molecule has 1 aliphatic heterocycles. The maximum Gasteiger partial charge on any atom is 0.211 e. The van der Waals surface area contributed by atoms with Crippen LogP contribution in [0.15, 0.2) is 77.6 Å². The van der Waals surface area contributed by atoms with Gasteiger partial charge in [-0.3, -0.25) is 14.8 Å². The van der Waals surface area contributed by atoms with Gasteiger partial charge in [0.15, 0.2) is 0 Å². The van der Waals surface area contributed by atoms with E-state index in [9.17, 15) is 9.18 Å². The molecule has 0 saturated carbocycles. The summed E-state index contributed by atoms with van der Waals surface area (Å²) < 4.78 is 20.6. The van der Waals surface area contributed by atoms with E-state index in [0.29, 0.717) is 35.6 Å². The van der Waals surface area contributed by atoms with Gasteiger partial charge < -0.3 is 15.4 Å². The number of hydrogen-bond acceptors (Lipinski definition) is 5. The Balaban J connectivity index is 1.79. The van der Waals surface area contributed by atoms with E-state index in [-0.39, 0.29) is 11.7 Å². The molecule has 214 valence electrons. The summed E-state index contributed by atoms with van der Waals surface area (Å²) >= 11 is 0. The molecule has 7 heteroatoms. The van der Waals surface area contributed by atoms with Crippen molar-refractivity contribution < 1.29 is 13.9 Å². The molecule has 0 bridgehead atoms.